The molecule has 0 aromatic rings. The number of hydrogen-bond donors (Lipinski definition) is 1. The molecule has 0 unspecified atom stereocenters. The highest BCUT2D eigenvalue weighted by atomic mass is 16.5. The average molecular weight is 200 g/mol. The summed E-state index contributed by atoms with van der Waals surface area (Å²) in [6, 6.07) is 0. The minimum atomic E-state index is -0.115. The van der Waals surface area contributed by atoms with E-state index < -0.39 is 0 Å². The summed E-state index contributed by atoms with van der Waals surface area (Å²) in [5.41, 5.74) is 5.73. The lowest BCUT2D eigenvalue weighted by atomic mass is 9.93. The Morgan fingerprint density at radius 2 is 2.29 bits per heavy atom. The third kappa shape index (κ3) is 3.64. The van der Waals surface area contributed by atoms with Crippen LogP contribution in [0.2, 0.25) is 0 Å². The molecule has 0 atom stereocenters. The van der Waals surface area contributed by atoms with Crippen molar-refractivity contribution in [3.8, 4) is 0 Å². The SMILES string of the molecule is CC(C)(CN)CN1CCCOC(=O)C1. The van der Waals surface area contributed by atoms with E-state index in [-0.39, 0.29) is 11.4 Å². The van der Waals surface area contributed by atoms with Gasteiger partial charge in [0.2, 0.25) is 0 Å². The fraction of sp³-hybridized carbons (Fsp3) is 0.900. The molecule has 4 heteroatoms. The lowest BCUT2D eigenvalue weighted by Gasteiger charge is -2.29. The van der Waals surface area contributed by atoms with Crippen molar-refractivity contribution >= 4 is 5.97 Å². The van der Waals surface area contributed by atoms with Crippen LogP contribution in [0.25, 0.3) is 0 Å². The third-order valence-corrected chi connectivity index (χ3v) is 2.44. The Kier molecular flexibility index (Phi) is 3.89. The molecule has 0 spiro atoms. The van der Waals surface area contributed by atoms with Crippen LogP contribution in [0.5, 0.6) is 0 Å². The maximum atomic E-state index is 11.2. The van der Waals surface area contributed by atoms with Gasteiger partial charge in [0.15, 0.2) is 0 Å². The van der Waals surface area contributed by atoms with Gasteiger partial charge in [-0.1, -0.05) is 13.8 Å². The molecule has 14 heavy (non-hydrogen) atoms. The summed E-state index contributed by atoms with van der Waals surface area (Å²) >= 11 is 0. The summed E-state index contributed by atoms with van der Waals surface area (Å²) in [6.07, 6.45) is 0.923. The number of esters is 1. The van der Waals surface area contributed by atoms with Crippen LogP contribution in [0.4, 0.5) is 0 Å². The fourth-order valence-electron chi connectivity index (χ4n) is 1.59. The number of carbonyl (C=O) groups is 1. The van der Waals surface area contributed by atoms with Gasteiger partial charge in [0.25, 0.3) is 0 Å². The van der Waals surface area contributed by atoms with Gasteiger partial charge in [0.05, 0.1) is 13.2 Å². The topological polar surface area (TPSA) is 55.6 Å². The molecule has 1 aliphatic rings. The quantitative estimate of drug-likeness (QED) is 0.662. The van der Waals surface area contributed by atoms with Crippen molar-refractivity contribution in [1.29, 1.82) is 0 Å². The number of cyclic esters (lactones) is 1. The van der Waals surface area contributed by atoms with Crippen molar-refractivity contribution in [1.82, 2.24) is 4.90 Å². The molecule has 4 nitrogen and oxygen atoms in total. The van der Waals surface area contributed by atoms with E-state index in [1.54, 1.807) is 0 Å². The van der Waals surface area contributed by atoms with Gasteiger partial charge in [0.1, 0.15) is 0 Å². The van der Waals surface area contributed by atoms with Crippen LogP contribution in [-0.4, -0.2) is 43.7 Å². The number of carbonyl (C=O) groups excluding carboxylic acids is 1. The molecule has 0 amide bonds. The molecular formula is C10H20N2O2. The zero-order valence-corrected chi connectivity index (χ0v) is 9.08. The molecule has 0 aromatic heterocycles. The van der Waals surface area contributed by atoms with Crippen molar-refractivity contribution in [2.24, 2.45) is 11.1 Å². The van der Waals surface area contributed by atoms with Crippen LogP contribution in [0.15, 0.2) is 0 Å². The minimum absolute atomic E-state index is 0.0740. The summed E-state index contributed by atoms with van der Waals surface area (Å²) in [6.45, 7) is 7.61. The standard InChI is InChI=1S/C10H20N2O2/c1-10(2,7-11)8-12-4-3-5-14-9(13)6-12/h3-8,11H2,1-2H3. The average Bonchev–Trinajstić information content (AvgIpc) is 2.29. The van der Waals surface area contributed by atoms with Gasteiger partial charge in [-0.05, 0) is 18.4 Å². The van der Waals surface area contributed by atoms with Crippen LogP contribution < -0.4 is 5.73 Å². The first-order valence-corrected chi connectivity index (χ1v) is 5.11. The smallest absolute Gasteiger partial charge is 0.320 e. The third-order valence-electron chi connectivity index (χ3n) is 2.44. The Morgan fingerprint density at radius 1 is 1.57 bits per heavy atom. The molecule has 82 valence electrons. The Labute approximate surface area is 85.4 Å². The van der Waals surface area contributed by atoms with Crippen molar-refractivity contribution in [3.63, 3.8) is 0 Å². The van der Waals surface area contributed by atoms with E-state index in [1.165, 1.54) is 0 Å². The predicted octanol–water partition coefficient (Wildman–Crippen LogP) is 0.220. The molecular weight excluding hydrogens is 180 g/mol. The second-order valence-corrected chi connectivity index (χ2v) is 4.65. The maximum Gasteiger partial charge on any atom is 0.320 e. The van der Waals surface area contributed by atoms with Gasteiger partial charge in [-0.25, -0.2) is 0 Å². The molecule has 0 aliphatic carbocycles. The highest BCUT2D eigenvalue weighted by Gasteiger charge is 2.23. The molecule has 2 N–H and O–H groups in total. The second kappa shape index (κ2) is 4.75. The first kappa shape index (κ1) is 11.5. The van der Waals surface area contributed by atoms with E-state index in [0.717, 1.165) is 19.5 Å². The maximum absolute atomic E-state index is 11.2. The number of nitrogens with zero attached hydrogens (tertiary/aromatic N) is 1. The summed E-state index contributed by atoms with van der Waals surface area (Å²) in [4.78, 5) is 13.3. The molecule has 0 bridgehead atoms. The molecule has 0 radical (unpaired) electrons. The Balaban J connectivity index is 2.46. The molecule has 1 rings (SSSR count). The second-order valence-electron chi connectivity index (χ2n) is 4.65. The monoisotopic (exact) mass is 200 g/mol. The summed E-state index contributed by atoms with van der Waals surface area (Å²) in [5, 5.41) is 0. The van der Waals surface area contributed by atoms with Gasteiger partial charge >= 0.3 is 5.97 Å². The van der Waals surface area contributed by atoms with E-state index >= 15 is 0 Å². The summed E-state index contributed by atoms with van der Waals surface area (Å²) in [7, 11) is 0. The normalized spacial score (nSPS) is 20.4. The van der Waals surface area contributed by atoms with Gasteiger partial charge in [-0.2, -0.15) is 0 Å². The van der Waals surface area contributed by atoms with E-state index in [2.05, 4.69) is 18.7 Å². The number of hydrogen-bond acceptors (Lipinski definition) is 4. The zero-order valence-electron chi connectivity index (χ0n) is 9.08. The number of rotatable bonds is 3. The molecule has 1 heterocycles. The number of ether oxygens (including phenoxy) is 1. The van der Waals surface area contributed by atoms with Crippen molar-refractivity contribution in [3.05, 3.63) is 0 Å². The van der Waals surface area contributed by atoms with Crippen LogP contribution in [-0.2, 0) is 9.53 Å². The first-order valence-electron chi connectivity index (χ1n) is 5.11. The molecule has 1 aliphatic heterocycles. The summed E-state index contributed by atoms with van der Waals surface area (Å²) < 4.78 is 4.97. The van der Waals surface area contributed by atoms with Crippen LogP contribution in [0.3, 0.4) is 0 Å². The van der Waals surface area contributed by atoms with E-state index in [1.807, 2.05) is 0 Å². The highest BCUT2D eigenvalue weighted by molar-refractivity contribution is 5.71. The lowest BCUT2D eigenvalue weighted by molar-refractivity contribution is -0.143. The Hall–Kier alpha value is -0.610. The van der Waals surface area contributed by atoms with Crippen LogP contribution in [0, 0.1) is 5.41 Å². The van der Waals surface area contributed by atoms with Gasteiger partial charge in [-0.3, -0.25) is 9.69 Å². The molecule has 1 saturated heterocycles. The predicted molar refractivity (Wildman–Crippen MR) is 54.9 cm³/mol. The Bertz CT molecular complexity index is 204. The Morgan fingerprint density at radius 3 is 2.93 bits per heavy atom. The molecule has 1 fully saturated rings. The van der Waals surface area contributed by atoms with Crippen molar-refractivity contribution < 1.29 is 9.53 Å². The number of nitrogens with two attached hydrogens (primary N) is 1. The van der Waals surface area contributed by atoms with Gasteiger partial charge in [0, 0.05) is 13.1 Å². The van der Waals surface area contributed by atoms with E-state index in [9.17, 15) is 4.79 Å². The zero-order chi connectivity index (χ0) is 10.6. The largest absolute Gasteiger partial charge is 0.465 e. The van der Waals surface area contributed by atoms with E-state index in [4.69, 9.17) is 10.5 Å². The summed E-state index contributed by atoms with van der Waals surface area (Å²) in [5.74, 6) is -0.115. The van der Waals surface area contributed by atoms with Crippen LogP contribution in [0.1, 0.15) is 20.3 Å². The fourth-order valence-corrected chi connectivity index (χ4v) is 1.59. The first-order chi connectivity index (χ1) is 6.53. The lowest BCUT2D eigenvalue weighted by Crippen LogP contribution is -2.40. The van der Waals surface area contributed by atoms with Crippen molar-refractivity contribution in [2.75, 3.05) is 32.8 Å². The molecule has 0 saturated carbocycles. The van der Waals surface area contributed by atoms with Crippen molar-refractivity contribution in [2.45, 2.75) is 20.3 Å². The highest BCUT2D eigenvalue weighted by Crippen LogP contribution is 2.15. The minimum Gasteiger partial charge on any atom is -0.465 e. The van der Waals surface area contributed by atoms with E-state index in [0.29, 0.717) is 19.7 Å². The van der Waals surface area contributed by atoms with Gasteiger partial charge in [-0.15, -0.1) is 0 Å². The van der Waals surface area contributed by atoms with Crippen LogP contribution >= 0.6 is 0 Å². The molecule has 0 aromatic carbocycles. The van der Waals surface area contributed by atoms with Gasteiger partial charge < -0.3 is 10.5 Å².